The summed E-state index contributed by atoms with van der Waals surface area (Å²) in [7, 11) is 4.56. The number of ether oxygens (including phenoxy) is 5. The Kier molecular flexibility index (Phi) is 6.37. The lowest BCUT2D eigenvalue weighted by Gasteiger charge is -2.13. The van der Waals surface area contributed by atoms with Gasteiger partial charge in [-0.25, -0.2) is 0 Å². The molecule has 2 heterocycles. The molecule has 1 aliphatic rings. The number of rotatable bonds is 7. The van der Waals surface area contributed by atoms with Crippen molar-refractivity contribution in [3.63, 3.8) is 0 Å². The molecule has 0 spiro atoms. The van der Waals surface area contributed by atoms with Crippen molar-refractivity contribution >= 4 is 29.2 Å². The summed E-state index contributed by atoms with van der Waals surface area (Å²) in [5.41, 5.74) is 1.73. The molecule has 170 valence electrons. The van der Waals surface area contributed by atoms with E-state index < -0.39 is 0 Å². The molecule has 0 radical (unpaired) electrons. The molecule has 8 heteroatoms. The Morgan fingerprint density at radius 2 is 1.79 bits per heavy atom. The number of aryl methyl sites for hydroxylation is 1. The Morgan fingerprint density at radius 1 is 1.06 bits per heavy atom. The van der Waals surface area contributed by atoms with Crippen LogP contribution in [0.2, 0.25) is 0 Å². The van der Waals surface area contributed by atoms with Crippen molar-refractivity contribution in [2.45, 2.75) is 13.3 Å². The third-order valence-corrected chi connectivity index (χ3v) is 5.94. The average molecular weight is 467 g/mol. The number of carbonyl (C=O) groups excluding carboxylic acids is 2. The number of benzene rings is 2. The van der Waals surface area contributed by atoms with Crippen LogP contribution in [0.25, 0.3) is 6.08 Å². The largest absolute Gasteiger partial charge is 0.493 e. The highest BCUT2D eigenvalue weighted by Crippen LogP contribution is 2.41. The molecule has 0 saturated carbocycles. The maximum atomic E-state index is 13.0. The van der Waals surface area contributed by atoms with E-state index in [1.165, 1.54) is 32.7 Å². The van der Waals surface area contributed by atoms with Crippen LogP contribution in [0.3, 0.4) is 0 Å². The minimum absolute atomic E-state index is 0.143. The van der Waals surface area contributed by atoms with E-state index in [0.717, 1.165) is 4.88 Å². The van der Waals surface area contributed by atoms with Crippen LogP contribution in [-0.4, -0.2) is 33.1 Å². The number of hydrogen-bond donors (Lipinski definition) is 0. The van der Waals surface area contributed by atoms with Gasteiger partial charge in [-0.15, -0.1) is 11.3 Å². The van der Waals surface area contributed by atoms with Crippen LogP contribution in [0.1, 0.15) is 26.4 Å². The van der Waals surface area contributed by atoms with Crippen molar-refractivity contribution < 1.29 is 33.3 Å². The molecular weight excluding hydrogens is 444 g/mol. The summed E-state index contributed by atoms with van der Waals surface area (Å²) in [4.78, 5) is 26.2. The summed E-state index contributed by atoms with van der Waals surface area (Å²) >= 11 is 1.49. The molecular formula is C25H22O7S. The van der Waals surface area contributed by atoms with Gasteiger partial charge in [-0.1, -0.05) is 6.07 Å². The van der Waals surface area contributed by atoms with Crippen LogP contribution < -0.4 is 23.7 Å². The number of allylic oxidation sites excluding steroid dienone is 1. The number of esters is 1. The molecule has 0 N–H and O–H groups in total. The number of carbonyl (C=O) groups is 2. The summed E-state index contributed by atoms with van der Waals surface area (Å²) < 4.78 is 27.4. The van der Waals surface area contributed by atoms with Gasteiger partial charge in [-0.2, -0.15) is 0 Å². The summed E-state index contributed by atoms with van der Waals surface area (Å²) in [6.45, 7) is 1.78. The minimum Gasteiger partial charge on any atom is -0.493 e. The Balaban J connectivity index is 1.60. The zero-order valence-electron chi connectivity index (χ0n) is 18.6. The Hall–Kier alpha value is -3.78. The Bertz CT molecular complexity index is 1220. The lowest BCUT2D eigenvalue weighted by atomic mass is 10.0. The second-order valence-electron chi connectivity index (χ2n) is 7.24. The summed E-state index contributed by atoms with van der Waals surface area (Å²) in [6.07, 6.45) is 1.79. The van der Waals surface area contributed by atoms with Crippen LogP contribution in [0, 0.1) is 6.92 Å². The monoisotopic (exact) mass is 466 g/mol. The molecule has 3 aromatic rings. The van der Waals surface area contributed by atoms with Gasteiger partial charge in [-0.05, 0) is 53.8 Å². The third kappa shape index (κ3) is 4.56. The number of fused-ring (bicyclic) bond motifs is 1. The molecule has 2 aromatic carbocycles. The number of hydrogen-bond acceptors (Lipinski definition) is 8. The van der Waals surface area contributed by atoms with Crippen LogP contribution in [0.5, 0.6) is 28.7 Å². The van der Waals surface area contributed by atoms with Crippen molar-refractivity contribution in [1.82, 2.24) is 0 Å². The van der Waals surface area contributed by atoms with Gasteiger partial charge in [-0.3, -0.25) is 9.59 Å². The zero-order valence-corrected chi connectivity index (χ0v) is 19.4. The predicted octanol–water partition coefficient (Wildman–Crippen LogP) is 4.85. The average Bonchev–Trinajstić information content (AvgIpc) is 3.40. The fourth-order valence-corrected chi connectivity index (χ4v) is 4.29. The lowest BCUT2D eigenvalue weighted by Crippen LogP contribution is -2.10. The molecule has 0 unspecified atom stereocenters. The van der Waals surface area contributed by atoms with E-state index >= 15 is 0 Å². The number of thiophene rings is 1. The van der Waals surface area contributed by atoms with Gasteiger partial charge in [0.15, 0.2) is 17.3 Å². The van der Waals surface area contributed by atoms with Gasteiger partial charge < -0.3 is 23.7 Å². The van der Waals surface area contributed by atoms with Crippen LogP contribution in [0.4, 0.5) is 0 Å². The highest BCUT2D eigenvalue weighted by molar-refractivity contribution is 7.10. The molecule has 1 aliphatic heterocycles. The number of ketones is 1. The van der Waals surface area contributed by atoms with Crippen LogP contribution in [-0.2, 0) is 11.2 Å². The molecule has 0 aliphatic carbocycles. The normalized spacial score (nSPS) is 13.5. The van der Waals surface area contributed by atoms with E-state index in [0.29, 0.717) is 45.4 Å². The van der Waals surface area contributed by atoms with Crippen molar-refractivity contribution in [3.05, 3.63) is 69.1 Å². The topological polar surface area (TPSA) is 80.3 Å². The van der Waals surface area contributed by atoms with Gasteiger partial charge in [0, 0.05) is 10.9 Å². The van der Waals surface area contributed by atoms with Crippen LogP contribution >= 0.6 is 11.3 Å². The third-order valence-electron chi connectivity index (χ3n) is 5.06. The summed E-state index contributed by atoms with van der Waals surface area (Å²) in [6, 6.07) is 10.4. The van der Waals surface area contributed by atoms with E-state index in [4.69, 9.17) is 23.7 Å². The Morgan fingerprint density at radius 3 is 2.39 bits per heavy atom. The first-order valence-electron chi connectivity index (χ1n) is 10.1. The maximum Gasteiger partial charge on any atom is 0.316 e. The molecule has 1 aromatic heterocycles. The van der Waals surface area contributed by atoms with Crippen molar-refractivity contribution in [2.75, 3.05) is 21.3 Å². The molecule has 33 heavy (non-hydrogen) atoms. The maximum absolute atomic E-state index is 13.0. The fraction of sp³-hybridized carbons (Fsp3) is 0.200. The molecule has 0 saturated heterocycles. The standard InChI is InChI=1S/C25H22O7S/c1-14-8-16(31-22(26)13-17-6-5-7-33-17)12-18-23(14)24(27)19(32-18)9-15-10-20(28-2)25(30-4)21(11-15)29-3/h5-12H,13H2,1-4H3/b19-9-. The van der Waals surface area contributed by atoms with Crippen molar-refractivity contribution in [2.24, 2.45) is 0 Å². The van der Waals surface area contributed by atoms with Gasteiger partial charge >= 0.3 is 5.97 Å². The predicted molar refractivity (Wildman–Crippen MR) is 124 cm³/mol. The molecule has 4 rings (SSSR count). The molecule has 7 nitrogen and oxygen atoms in total. The quantitative estimate of drug-likeness (QED) is 0.280. The molecule has 0 atom stereocenters. The van der Waals surface area contributed by atoms with Gasteiger partial charge in [0.25, 0.3) is 0 Å². The van der Waals surface area contributed by atoms with Gasteiger partial charge in [0.05, 0.1) is 33.3 Å². The van der Waals surface area contributed by atoms with Crippen molar-refractivity contribution in [3.8, 4) is 28.7 Å². The second-order valence-corrected chi connectivity index (χ2v) is 8.27. The summed E-state index contributed by atoms with van der Waals surface area (Å²) in [5, 5.41) is 1.91. The first-order chi connectivity index (χ1) is 15.9. The van der Waals surface area contributed by atoms with Crippen molar-refractivity contribution in [1.29, 1.82) is 0 Å². The van der Waals surface area contributed by atoms with Gasteiger partial charge in [0.1, 0.15) is 11.5 Å². The minimum atomic E-state index is -0.380. The first-order valence-corrected chi connectivity index (χ1v) is 10.9. The molecule has 0 bridgehead atoms. The highest BCUT2D eigenvalue weighted by atomic mass is 32.1. The first kappa shape index (κ1) is 22.4. The van der Waals surface area contributed by atoms with E-state index in [2.05, 4.69) is 0 Å². The highest BCUT2D eigenvalue weighted by Gasteiger charge is 2.30. The second kappa shape index (κ2) is 9.38. The summed E-state index contributed by atoms with van der Waals surface area (Å²) in [5.74, 6) is 1.55. The van der Waals surface area contributed by atoms with Gasteiger partial charge in [0.2, 0.25) is 11.5 Å². The van der Waals surface area contributed by atoms with E-state index in [1.54, 1.807) is 37.3 Å². The zero-order chi connectivity index (χ0) is 23.5. The molecule has 0 fully saturated rings. The molecule has 0 amide bonds. The fourth-order valence-electron chi connectivity index (χ4n) is 3.60. The number of Topliss-reactive ketones (excluding diaryl/α,β-unsaturated/α-hetero) is 1. The van der Waals surface area contributed by atoms with E-state index in [1.807, 2.05) is 17.5 Å². The van der Waals surface area contributed by atoms with E-state index in [9.17, 15) is 9.59 Å². The lowest BCUT2D eigenvalue weighted by molar-refractivity contribution is -0.133. The SMILES string of the molecule is COc1cc(/C=C2\Oc3cc(OC(=O)Cc4cccs4)cc(C)c3C2=O)cc(OC)c1OC. The number of methoxy groups -OCH3 is 3. The van der Waals surface area contributed by atoms with Crippen LogP contribution in [0.15, 0.2) is 47.5 Å². The van der Waals surface area contributed by atoms with E-state index in [-0.39, 0.29) is 23.9 Å². The Labute approximate surface area is 195 Å². The smallest absolute Gasteiger partial charge is 0.316 e.